The fourth-order valence-corrected chi connectivity index (χ4v) is 1.11. The standard InChI is InChI=1S/C9H14N4O4/c14-6-7(8(15)16)12-9(17)10-3-5-13-4-1-2-11-13/h1-2,4,7,14H,3,5-6H2,(H,15,16)(H2,10,12,17)/t7-/m0/s1. The number of urea groups is 1. The maximum Gasteiger partial charge on any atom is 0.328 e. The predicted octanol–water partition coefficient (Wildman–Crippen LogP) is -1.37. The summed E-state index contributed by atoms with van der Waals surface area (Å²) in [5, 5.41) is 25.8. The molecule has 8 heteroatoms. The largest absolute Gasteiger partial charge is 0.480 e. The summed E-state index contributed by atoms with van der Waals surface area (Å²) >= 11 is 0. The van der Waals surface area contributed by atoms with Gasteiger partial charge in [-0.2, -0.15) is 5.10 Å². The Bertz CT molecular complexity index is 365. The monoisotopic (exact) mass is 242 g/mol. The van der Waals surface area contributed by atoms with E-state index in [9.17, 15) is 9.59 Å². The Labute approximate surface area is 97.2 Å². The van der Waals surface area contributed by atoms with E-state index in [0.717, 1.165) is 0 Å². The second-order valence-electron chi connectivity index (χ2n) is 3.24. The minimum atomic E-state index is -1.29. The number of hydrogen-bond acceptors (Lipinski definition) is 4. The number of aromatic nitrogens is 2. The van der Waals surface area contributed by atoms with Crippen LogP contribution < -0.4 is 10.6 Å². The number of carbonyl (C=O) groups is 2. The molecule has 94 valence electrons. The maximum absolute atomic E-state index is 11.2. The topological polar surface area (TPSA) is 116 Å². The molecule has 17 heavy (non-hydrogen) atoms. The van der Waals surface area contributed by atoms with E-state index in [1.165, 1.54) is 0 Å². The third kappa shape index (κ3) is 4.51. The number of nitrogens with zero attached hydrogens (tertiary/aromatic N) is 2. The van der Waals surface area contributed by atoms with Crippen LogP contribution in [0.2, 0.25) is 0 Å². The molecule has 1 aromatic rings. The van der Waals surface area contributed by atoms with Crippen molar-refractivity contribution in [2.24, 2.45) is 0 Å². The van der Waals surface area contributed by atoms with Gasteiger partial charge >= 0.3 is 12.0 Å². The van der Waals surface area contributed by atoms with Crippen LogP contribution in [0.25, 0.3) is 0 Å². The highest BCUT2D eigenvalue weighted by molar-refractivity contribution is 5.82. The lowest BCUT2D eigenvalue weighted by Gasteiger charge is -2.12. The lowest BCUT2D eigenvalue weighted by Crippen LogP contribution is -2.48. The van der Waals surface area contributed by atoms with Crippen LogP contribution >= 0.6 is 0 Å². The van der Waals surface area contributed by atoms with Gasteiger partial charge in [0.2, 0.25) is 0 Å². The average molecular weight is 242 g/mol. The SMILES string of the molecule is O=C(NCCn1cccn1)N[C@@H](CO)C(=O)O. The molecule has 0 aromatic carbocycles. The van der Waals surface area contributed by atoms with Gasteiger partial charge in [0.05, 0.1) is 13.2 Å². The Kier molecular flexibility index (Phi) is 4.95. The van der Waals surface area contributed by atoms with Gasteiger partial charge in [-0.15, -0.1) is 0 Å². The number of rotatable bonds is 6. The summed E-state index contributed by atoms with van der Waals surface area (Å²) in [5.41, 5.74) is 0. The Morgan fingerprint density at radius 2 is 2.24 bits per heavy atom. The van der Waals surface area contributed by atoms with Gasteiger partial charge in [0.25, 0.3) is 0 Å². The minimum absolute atomic E-state index is 0.311. The molecule has 8 nitrogen and oxygen atoms in total. The van der Waals surface area contributed by atoms with Gasteiger partial charge in [-0.25, -0.2) is 9.59 Å². The molecule has 0 aliphatic heterocycles. The zero-order chi connectivity index (χ0) is 12.7. The van der Waals surface area contributed by atoms with E-state index in [4.69, 9.17) is 10.2 Å². The van der Waals surface area contributed by atoms with Crippen LogP contribution in [-0.4, -0.2) is 51.2 Å². The fraction of sp³-hybridized carbons (Fsp3) is 0.444. The van der Waals surface area contributed by atoms with Gasteiger partial charge < -0.3 is 20.8 Å². The van der Waals surface area contributed by atoms with E-state index in [2.05, 4.69) is 15.7 Å². The van der Waals surface area contributed by atoms with Crippen LogP contribution in [0.5, 0.6) is 0 Å². The molecule has 0 spiro atoms. The Morgan fingerprint density at radius 3 is 2.76 bits per heavy atom. The highest BCUT2D eigenvalue weighted by atomic mass is 16.4. The Balaban J connectivity index is 2.23. The van der Waals surface area contributed by atoms with Crippen molar-refractivity contribution in [3.63, 3.8) is 0 Å². The normalized spacial score (nSPS) is 11.8. The molecule has 1 atom stereocenters. The first kappa shape index (κ1) is 13.0. The summed E-state index contributed by atoms with van der Waals surface area (Å²) in [5.74, 6) is -1.28. The van der Waals surface area contributed by atoms with E-state index in [1.54, 1.807) is 23.1 Å². The second-order valence-corrected chi connectivity index (χ2v) is 3.24. The van der Waals surface area contributed by atoms with Crippen molar-refractivity contribution in [1.29, 1.82) is 0 Å². The molecule has 0 fully saturated rings. The molecule has 1 rings (SSSR count). The number of aliphatic carboxylic acids is 1. The molecule has 1 heterocycles. The van der Waals surface area contributed by atoms with Crippen LogP contribution in [0.15, 0.2) is 18.5 Å². The molecule has 0 saturated heterocycles. The van der Waals surface area contributed by atoms with Crippen LogP contribution in [0.1, 0.15) is 0 Å². The number of carboxylic acids is 1. The number of aliphatic hydroxyl groups excluding tert-OH is 1. The molecule has 0 aliphatic rings. The molecule has 0 unspecified atom stereocenters. The summed E-state index contributed by atoms with van der Waals surface area (Å²) in [6.07, 6.45) is 3.36. The molecular weight excluding hydrogens is 228 g/mol. The highest BCUT2D eigenvalue weighted by Gasteiger charge is 2.17. The second kappa shape index (κ2) is 6.48. The highest BCUT2D eigenvalue weighted by Crippen LogP contribution is 1.84. The lowest BCUT2D eigenvalue weighted by molar-refractivity contribution is -0.140. The minimum Gasteiger partial charge on any atom is -0.480 e. The molecule has 2 amide bonds. The molecule has 0 bridgehead atoms. The van der Waals surface area contributed by atoms with Crippen molar-refractivity contribution in [3.05, 3.63) is 18.5 Å². The molecule has 4 N–H and O–H groups in total. The van der Waals surface area contributed by atoms with Gasteiger partial charge in [0, 0.05) is 18.9 Å². The number of carboxylic acid groups (broad SMARTS) is 1. The predicted molar refractivity (Wildman–Crippen MR) is 57.3 cm³/mol. The number of amides is 2. The van der Waals surface area contributed by atoms with Crippen LogP contribution in [0.3, 0.4) is 0 Å². The van der Waals surface area contributed by atoms with E-state index in [1.807, 2.05) is 0 Å². The summed E-state index contributed by atoms with van der Waals surface area (Å²) in [7, 11) is 0. The lowest BCUT2D eigenvalue weighted by atomic mass is 10.3. The average Bonchev–Trinajstić information content (AvgIpc) is 2.78. The summed E-state index contributed by atoms with van der Waals surface area (Å²) < 4.78 is 1.63. The molecule has 1 aromatic heterocycles. The van der Waals surface area contributed by atoms with Crippen LogP contribution in [0.4, 0.5) is 4.79 Å². The zero-order valence-electron chi connectivity index (χ0n) is 9.04. The number of nitrogens with one attached hydrogen (secondary N) is 2. The quantitative estimate of drug-likeness (QED) is 0.491. The van der Waals surface area contributed by atoms with Crippen LogP contribution in [-0.2, 0) is 11.3 Å². The van der Waals surface area contributed by atoms with Crippen molar-refractivity contribution in [2.75, 3.05) is 13.2 Å². The maximum atomic E-state index is 11.2. The third-order valence-electron chi connectivity index (χ3n) is 1.97. The van der Waals surface area contributed by atoms with Crippen molar-refractivity contribution < 1.29 is 19.8 Å². The molecule has 0 aliphatic carbocycles. The van der Waals surface area contributed by atoms with E-state index >= 15 is 0 Å². The Morgan fingerprint density at radius 1 is 1.47 bits per heavy atom. The zero-order valence-corrected chi connectivity index (χ0v) is 9.04. The van der Waals surface area contributed by atoms with E-state index in [0.29, 0.717) is 13.1 Å². The number of carbonyl (C=O) groups excluding carboxylic acids is 1. The van der Waals surface area contributed by atoms with Gasteiger partial charge in [0.1, 0.15) is 0 Å². The van der Waals surface area contributed by atoms with E-state index in [-0.39, 0.29) is 0 Å². The first-order chi connectivity index (χ1) is 8.13. The summed E-state index contributed by atoms with van der Waals surface area (Å²) in [6, 6.07) is -0.176. The smallest absolute Gasteiger partial charge is 0.328 e. The third-order valence-corrected chi connectivity index (χ3v) is 1.97. The van der Waals surface area contributed by atoms with Crippen molar-refractivity contribution in [3.8, 4) is 0 Å². The summed E-state index contributed by atoms with van der Waals surface area (Å²) in [6.45, 7) is 0.143. The Hall–Kier alpha value is -2.09. The van der Waals surface area contributed by atoms with Gasteiger partial charge in [-0.3, -0.25) is 4.68 Å². The van der Waals surface area contributed by atoms with E-state index < -0.39 is 24.6 Å². The number of hydrogen-bond donors (Lipinski definition) is 4. The molecular formula is C9H14N4O4. The van der Waals surface area contributed by atoms with Crippen molar-refractivity contribution >= 4 is 12.0 Å². The fourth-order valence-electron chi connectivity index (χ4n) is 1.11. The first-order valence-electron chi connectivity index (χ1n) is 4.99. The molecule has 0 saturated carbocycles. The van der Waals surface area contributed by atoms with Crippen molar-refractivity contribution in [1.82, 2.24) is 20.4 Å². The first-order valence-corrected chi connectivity index (χ1v) is 4.99. The van der Waals surface area contributed by atoms with Gasteiger partial charge in [0.15, 0.2) is 6.04 Å². The van der Waals surface area contributed by atoms with Crippen LogP contribution in [0, 0.1) is 0 Å². The molecule has 0 radical (unpaired) electrons. The van der Waals surface area contributed by atoms with Gasteiger partial charge in [-0.1, -0.05) is 0 Å². The van der Waals surface area contributed by atoms with Crippen molar-refractivity contribution in [2.45, 2.75) is 12.6 Å². The van der Waals surface area contributed by atoms with Gasteiger partial charge in [-0.05, 0) is 6.07 Å². The summed E-state index contributed by atoms with van der Waals surface area (Å²) in [4.78, 5) is 21.7. The number of aliphatic hydroxyl groups is 1.